The summed E-state index contributed by atoms with van der Waals surface area (Å²) in [5, 5.41) is 7.62. The Balaban J connectivity index is 0.00000289. The first-order valence-corrected chi connectivity index (χ1v) is 11.0. The molecule has 0 saturated carbocycles. The average Bonchev–Trinajstić information content (AvgIpc) is 3.34. The maximum Gasteiger partial charge on any atom is 0.193 e. The predicted octanol–water partition coefficient (Wildman–Crippen LogP) is 4.21. The van der Waals surface area contributed by atoms with Crippen LogP contribution in [0.3, 0.4) is 0 Å². The number of benzene rings is 2. The van der Waals surface area contributed by atoms with Gasteiger partial charge in [-0.3, -0.25) is 9.89 Å². The summed E-state index contributed by atoms with van der Waals surface area (Å²) in [4.78, 5) is 9.29. The molecular formula is C25H32IN5O. The highest BCUT2D eigenvalue weighted by Gasteiger charge is 2.21. The second-order valence-corrected chi connectivity index (χ2v) is 7.89. The average molecular weight is 545 g/mol. The fraction of sp³-hybridized carbons (Fsp3) is 0.360. The zero-order valence-corrected chi connectivity index (χ0v) is 20.9. The zero-order valence-electron chi connectivity index (χ0n) is 18.6. The van der Waals surface area contributed by atoms with Crippen molar-refractivity contribution in [3.8, 4) is 0 Å². The van der Waals surface area contributed by atoms with E-state index in [1.54, 1.807) is 6.26 Å². The smallest absolute Gasteiger partial charge is 0.193 e. The van der Waals surface area contributed by atoms with Gasteiger partial charge in [-0.25, -0.2) is 0 Å². The Morgan fingerprint density at radius 2 is 1.59 bits per heavy atom. The van der Waals surface area contributed by atoms with Gasteiger partial charge in [-0.05, 0) is 17.5 Å². The van der Waals surface area contributed by atoms with E-state index >= 15 is 0 Å². The molecule has 2 aromatic carbocycles. The molecule has 1 N–H and O–H groups in total. The minimum Gasteiger partial charge on any atom is -0.364 e. The number of nitrogens with zero attached hydrogens (tertiary/aromatic N) is 4. The first kappa shape index (κ1) is 24.3. The number of halogens is 1. The lowest BCUT2D eigenvalue weighted by Gasteiger charge is -2.36. The molecule has 1 saturated heterocycles. The molecule has 0 spiro atoms. The Morgan fingerprint density at radius 3 is 2.12 bits per heavy atom. The van der Waals surface area contributed by atoms with Crippen molar-refractivity contribution < 1.29 is 4.52 Å². The van der Waals surface area contributed by atoms with Gasteiger partial charge in [-0.2, -0.15) is 0 Å². The molecule has 0 atom stereocenters. The highest BCUT2D eigenvalue weighted by molar-refractivity contribution is 14.0. The summed E-state index contributed by atoms with van der Waals surface area (Å²) in [6.07, 6.45) is 2.65. The standard InChI is InChI=1S/C25H31N5O.HI/c1-26-25(30-17-15-29(16-18-30)20-23-13-19-31-28-23)27-14-12-24(21-8-4-2-5-9-21)22-10-6-3-7-11-22;/h2-11,13,19,24H,12,14-18,20H2,1H3,(H,26,27);1H. The van der Waals surface area contributed by atoms with Crippen LogP contribution in [0.5, 0.6) is 0 Å². The maximum atomic E-state index is 4.94. The highest BCUT2D eigenvalue weighted by Crippen LogP contribution is 2.27. The van der Waals surface area contributed by atoms with Crippen LogP contribution in [0.4, 0.5) is 0 Å². The molecule has 0 radical (unpaired) electrons. The number of guanidine groups is 1. The maximum absolute atomic E-state index is 4.94. The summed E-state index contributed by atoms with van der Waals surface area (Å²) in [6.45, 7) is 5.61. The second kappa shape index (κ2) is 12.6. The van der Waals surface area contributed by atoms with Crippen LogP contribution in [0.15, 0.2) is 82.5 Å². The number of hydrogen-bond acceptors (Lipinski definition) is 4. The molecule has 6 nitrogen and oxygen atoms in total. The molecule has 32 heavy (non-hydrogen) atoms. The predicted molar refractivity (Wildman–Crippen MR) is 139 cm³/mol. The number of aliphatic imine (C=N–C) groups is 1. The van der Waals surface area contributed by atoms with Gasteiger partial charge in [0.1, 0.15) is 6.26 Å². The highest BCUT2D eigenvalue weighted by atomic mass is 127. The molecule has 170 valence electrons. The molecule has 1 aromatic heterocycles. The molecule has 0 unspecified atom stereocenters. The topological polar surface area (TPSA) is 56.9 Å². The van der Waals surface area contributed by atoms with Gasteiger partial charge >= 0.3 is 0 Å². The Morgan fingerprint density at radius 1 is 0.969 bits per heavy atom. The largest absolute Gasteiger partial charge is 0.364 e. The molecule has 1 fully saturated rings. The van der Waals surface area contributed by atoms with Crippen LogP contribution < -0.4 is 5.32 Å². The summed E-state index contributed by atoms with van der Waals surface area (Å²) in [5.74, 6) is 1.35. The Hall–Kier alpha value is -2.39. The van der Waals surface area contributed by atoms with Crippen molar-refractivity contribution in [2.24, 2.45) is 4.99 Å². The van der Waals surface area contributed by atoms with Crippen LogP contribution >= 0.6 is 24.0 Å². The number of aromatic nitrogens is 1. The van der Waals surface area contributed by atoms with Crippen molar-refractivity contribution in [1.29, 1.82) is 0 Å². The van der Waals surface area contributed by atoms with Gasteiger partial charge in [0.15, 0.2) is 5.96 Å². The van der Waals surface area contributed by atoms with Gasteiger partial charge < -0.3 is 14.7 Å². The fourth-order valence-corrected chi connectivity index (χ4v) is 4.22. The summed E-state index contributed by atoms with van der Waals surface area (Å²) in [5.41, 5.74) is 3.70. The first-order chi connectivity index (χ1) is 15.3. The van der Waals surface area contributed by atoms with E-state index in [1.807, 2.05) is 13.1 Å². The molecule has 0 aliphatic carbocycles. The second-order valence-electron chi connectivity index (χ2n) is 7.89. The SMILES string of the molecule is CN=C(NCCC(c1ccccc1)c1ccccc1)N1CCN(Cc2ccon2)CC1.I. The van der Waals surface area contributed by atoms with E-state index in [9.17, 15) is 0 Å². The van der Waals surface area contributed by atoms with E-state index in [-0.39, 0.29) is 24.0 Å². The Kier molecular flexibility index (Phi) is 9.55. The number of rotatable bonds is 7. The van der Waals surface area contributed by atoms with Crippen LogP contribution in [0, 0.1) is 0 Å². The van der Waals surface area contributed by atoms with E-state index in [0.717, 1.165) is 57.3 Å². The third kappa shape index (κ3) is 6.56. The van der Waals surface area contributed by atoms with Crippen LogP contribution in [0.2, 0.25) is 0 Å². The fourth-order valence-electron chi connectivity index (χ4n) is 4.22. The molecule has 0 bridgehead atoms. The van der Waals surface area contributed by atoms with E-state index in [2.05, 4.69) is 85.9 Å². The quantitative estimate of drug-likeness (QED) is 0.274. The van der Waals surface area contributed by atoms with Gasteiger partial charge in [-0.15, -0.1) is 24.0 Å². The number of nitrogens with one attached hydrogen (secondary N) is 1. The van der Waals surface area contributed by atoms with Crippen molar-refractivity contribution in [2.75, 3.05) is 39.8 Å². The van der Waals surface area contributed by atoms with Crippen LogP contribution in [-0.4, -0.2) is 60.7 Å². The van der Waals surface area contributed by atoms with E-state index < -0.39 is 0 Å². The monoisotopic (exact) mass is 545 g/mol. The lowest BCUT2D eigenvalue weighted by molar-refractivity contribution is 0.169. The molecular weight excluding hydrogens is 513 g/mol. The zero-order chi connectivity index (χ0) is 21.3. The van der Waals surface area contributed by atoms with Crippen molar-refractivity contribution in [1.82, 2.24) is 20.3 Å². The molecule has 1 aliphatic heterocycles. The van der Waals surface area contributed by atoms with Crippen molar-refractivity contribution >= 4 is 29.9 Å². The van der Waals surface area contributed by atoms with Crippen molar-refractivity contribution in [3.05, 3.63) is 89.8 Å². The van der Waals surface area contributed by atoms with Gasteiger partial charge in [-0.1, -0.05) is 65.8 Å². The van der Waals surface area contributed by atoms with Gasteiger partial charge in [0.2, 0.25) is 0 Å². The molecule has 3 aromatic rings. The number of piperazine rings is 1. The van der Waals surface area contributed by atoms with Gasteiger partial charge in [0.05, 0.1) is 5.69 Å². The summed E-state index contributed by atoms with van der Waals surface area (Å²) >= 11 is 0. The third-order valence-corrected chi connectivity index (χ3v) is 5.88. The van der Waals surface area contributed by atoms with Crippen LogP contribution in [0.25, 0.3) is 0 Å². The lowest BCUT2D eigenvalue weighted by atomic mass is 9.88. The molecule has 2 heterocycles. The molecule has 4 rings (SSSR count). The molecule has 7 heteroatoms. The lowest BCUT2D eigenvalue weighted by Crippen LogP contribution is -2.52. The van der Waals surface area contributed by atoms with E-state index in [1.165, 1.54) is 11.1 Å². The Bertz CT molecular complexity index is 886. The summed E-state index contributed by atoms with van der Waals surface area (Å²) < 4.78 is 4.94. The van der Waals surface area contributed by atoms with Crippen LogP contribution in [0.1, 0.15) is 29.2 Å². The Labute approximate surface area is 207 Å². The minimum atomic E-state index is 0. The number of hydrogen-bond donors (Lipinski definition) is 1. The first-order valence-electron chi connectivity index (χ1n) is 11.0. The summed E-state index contributed by atoms with van der Waals surface area (Å²) in [7, 11) is 1.87. The van der Waals surface area contributed by atoms with Crippen LogP contribution in [-0.2, 0) is 6.54 Å². The third-order valence-electron chi connectivity index (χ3n) is 5.88. The van der Waals surface area contributed by atoms with Gasteiger partial charge in [0, 0.05) is 58.3 Å². The van der Waals surface area contributed by atoms with E-state index in [0.29, 0.717) is 5.92 Å². The normalized spacial score (nSPS) is 14.9. The van der Waals surface area contributed by atoms with Gasteiger partial charge in [0.25, 0.3) is 0 Å². The molecule has 1 aliphatic rings. The molecule has 0 amide bonds. The van der Waals surface area contributed by atoms with Crippen molar-refractivity contribution in [3.63, 3.8) is 0 Å². The van der Waals surface area contributed by atoms with Crippen molar-refractivity contribution in [2.45, 2.75) is 18.9 Å². The minimum absolute atomic E-state index is 0. The van der Waals surface area contributed by atoms with E-state index in [4.69, 9.17) is 4.52 Å². The summed E-state index contributed by atoms with van der Waals surface area (Å²) in [6, 6.07) is 23.5.